The Hall–Kier alpha value is -0.380. The van der Waals surface area contributed by atoms with Crippen molar-refractivity contribution in [2.45, 2.75) is 13.0 Å². The van der Waals surface area contributed by atoms with E-state index in [2.05, 4.69) is 11.4 Å². The molecule has 0 aliphatic rings. The average molecular weight is 173 g/mol. The van der Waals surface area contributed by atoms with Crippen molar-refractivity contribution in [3.05, 3.63) is 12.2 Å². The molecule has 1 atom stereocenters. The van der Waals surface area contributed by atoms with Gasteiger partial charge in [-0.1, -0.05) is 12.2 Å². The van der Waals surface area contributed by atoms with E-state index in [0.29, 0.717) is 6.61 Å². The average Bonchev–Trinajstić information content (AvgIpc) is 2.10. The Morgan fingerprint density at radius 3 is 2.67 bits per heavy atom. The smallest absolute Gasteiger partial charge is 0.0928 e. The quantitative estimate of drug-likeness (QED) is 0.456. The second kappa shape index (κ2) is 8.71. The fourth-order valence-electron chi connectivity index (χ4n) is 0.842. The molecule has 12 heavy (non-hydrogen) atoms. The molecule has 0 spiro atoms. The lowest BCUT2D eigenvalue weighted by Crippen LogP contribution is -2.31. The Kier molecular flexibility index (Phi) is 8.44. The summed E-state index contributed by atoms with van der Waals surface area (Å²) >= 11 is 0. The zero-order valence-corrected chi connectivity index (χ0v) is 8.17. The van der Waals surface area contributed by atoms with Crippen LogP contribution in [0.25, 0.3) is 0 Å². The van der Waals surface area contributed by atoms with Gasteiger partial charge in [0.1, 0.15) is 0 Å². The maximum absolute atomic E-state index is 5.16. The van der Waals surface area contributed by atoms with E-state index in [1.54, 1.807) is 14.2 Å². The Morgan fingerprint density at radius 1 is 1.42 bits per heavy atom. The van der Waals surface area contributed by atoms with Crippen molar-refractivity contribution < 1.29 is 9.47 Å². The lowest BCUT2D eigenvalue weighted by atomic mass is 10.3. The summed E-state index contributed by atoms with van der Waals surface area (Å²) in [6, 6.07) is 0. The second-order valence-electron chi connectivity index (χ2n) is 2.54. The van der Waals surface area contributed by atoms with Gasteiger partial charge in [0.15, 0.2) is 0 Å². The zero-order chi connectivity index (χ0) is 9.23. The minimum Gasteiger partial charge on any atom is -0.382 e. The SMILES string of the molecule is C/C=C/CNCC(COC)OC. The van der Waals surface area contributed by atoms with Crippen LogP contribution in [0.4, 0.5) is 0 Å². The lowest BCUT2D eigenvalue weighted by Gasteiger charge is -2.13. The molecule has 0 aliphatic heterocycles. The first kappa shape index (κ1) is 11.6. The molecule has 3 nitrogen and oxygen atoms in total. The van der Waals surface area contributed by atoms with Gasteiger partial charge in [-0.3, -0.25) is 0 Å². The van der Waals surface area contributed by atoms with Crippen LogP contribution in [0, 0.1) is 0 Å². The second-order valence-corrected chi connectivity index (χ2v) is 2.54. The highest BCUT2D eigenvalue weighted by Crippen LogP contribution is 1.87. The highest BCUT2D eigenvalue weighted by atomic mass is 16.5. The van der Waals surface area contributed by atoms with Gasteiger partial charge in [-0.2, -0.15) is 0 Å². The van der Waals surface area contributed by atoms with Gasteiger partial charge < -0.3 is 14.8 Å². The molecule has 0 rings (SSSR count). The van der Waals surface area contributed by atoms with E-state index in [1.807, 2.05) is 13.0 Å². The predicted octanol–water partition coefficient (Wildman–Crippen LogP) is 0.813. The minimum atomic E-state index is 0.153. The van der Waals surface area contributed by atoms with Crippen LogP contribution in [0.3, 0.4) is 0 Å². The third kappa shape index (κ3) is 6.34. The van der Waals surface area contributed by atoms with Gasteiger partial charge in [-0.15, -0.1) is 0 Å². The first-order valence-corrected chi connectivity index (χ1v) is 4.18. The summed E-state index contributed by atoms with van der Waals surface area (Å²) in [5.74, 6) is 0. The highest BCUT2D eigenvalue weighted by Gasteiger charge is 2.03. The Bertz CT molecular complexity index is 115. The van der Waals surface area contributed by atoms with Gasteiger partial charge in [0.25, 0.3) is 0 Å². The molecule has 0 saturated heterocycles. The topological polar surface area (TPSA) is 30.5 Å². The molecule has 0 saturated carbocycles. The number of nitrogens with one attached hydrogen (secondary N) is 1. The number of hydrogen-bond donors (Lipinski definition) is 1. The van der Waals surface area contributed by atoms with Crippen LogP contribution >= 0.6 is 0 Å². The molecule has 0 fully saturated rings. The van der Waals surface area contributed by atoms with E-state index in [-0.39, 0.29) is 6.10 Å². The Labute approximate surface area is 74.7 Å². The molecule has 0 aromatic rings. The molecule has 0 aliphatic carbocycles. The van der Waals surface area contributed by atoms with Gasteiger partial charge in [0.05, 0.1) is 12.7 Å². The summed E-state index contributed by atoms with van der Waals surface area (Å²) in [6.45, 7) is 4.36. The largest absolute Gasteiger partial charge is 0.382 e. The number of allylic oxidation sites excluding steroid dienone is 1. The summed E-state index contributed by atoms with van der Waals surface area (Å²) < 4.78 is 10.1. The molecule has 0 aromatic heterocycles. The van der Waals surface area contributed by atoms with Crippen LogP contribution in [-0.2, 0) is 9.47 Å². The third-order valence-electron chi connectivity index (χ3n) is 1.56. The standard InChI is InChI=1S/C9H19NO2/c1-4-5-6-10-7-9(12-3)8-11-2/h4-5,9-10H,6-8H2,1-3H3/b5-4+. The molecule has 1 N–H and O–H groups in total. The van der Waals surface area contributed by atoms with E-state index in [0.717, 1.165) is 13.1 Å². The number of ether oxygens (including phenoxy) is 2. The van der Waals surface area contributed by atoms with Crippen LogP contribution in [0.15, 0.2) is 12.2 Å². The van der Waals surface area contributed by atoms with Crippen molar-refractivity contribution in [1.82, 2.24) is 5.32 Å². The fraction of sp³-hybridized carbons (Fsp3) is 0.778. The summed E-state index contributed by atoms with van der Waals surface area (Å²) in [5.41, 5.74) is 0. The third-order valence-corrected chi connectivity index (χ3v) is 1.56. The van der Waals surface area contributed by atoms with Crippen LogP contribution in [0.1, 0.15) is 6.92 Å². The van der Waals surface area contributed by atoms with Gasteiger partial charge in [0.2, 0.25) is 0 Å². The van der Waals surface area contributed by atoms with Crippen molar-refractivity contribution in [2.24, 2.45) is 0 Å². The zero-order valence-electron chi connectivity index (χ0n) is 8.17. The fourth-order valence-corrected chi connectivity index (χ4v) is 0.842. The molecule has 72 valence electrons. The molecule has 0 aromatic carbocycles. The first-order valence-electron chi connectivity index (χ1n) is 4.18. The first-order chi connectivity index (χ1) is 5.85. The van der Waals surface area contributed by atoms with Crippen molar-refractivity contribution in [1.29, 1.82) is 0 Å². The van der Waals surface area contributed by atoms with Crippen molar-refractivity contribution in [2.75, 3.05) is 33.9 Å². The molecule has 1 unspecified atom stereocenters. The predicted molar refractivity (Wildman–Crippen MR) is 50.4 cm³/mol. The molecule has 0 radical (unpaired) electrons. The van der Waals surface area contributed by atoms with Gasteiger partial charge in [0, 0.05) is 27.3 Å². The summed E-state index contributed by atoms with van der Waals surface area (Å²) in [6.07, 6.45) is 4.24. The van der Waals surface area contributed by atoms with Crippen LogP contribution in [-0.4, -0.2) is 40.0 Å². The van der Waals surface area contributed by atoms with Gasteiger partial charge >= 0.3 is 0 Å². The molecule has 0 heterocycles. The molecule has 0 amide bonds. The van der Waals surface area contributed by atoms with Gasteiger partial charge in [-0.25, -0.2) is 0 Å². The Morgan fingerprint density at radius 2 is 2.17 bits per heavy atom. The van der Waals surface area contributed by atoms with Crippen LogP contribution in [0.5, 0.6) is 0 Å². The van der Waals surface area contributed by atoms with E-state index in [4.69, 9.17) is 9.47 Å². The van der Waals surface area contributed by atoms with Gasteiger partial charge in [-0.05, 0) is 6.92 Å². The Balaban J connectivity index is 3.31. The summed E-state index contributed by atoms with van der Waals surface area (Å²) in [7, 11) is 3.37. The van der Waals surface area contributed by atoms with E-state index >= 15 is 0 Å². The lowest BCUT2D eigenvalue weighted by molar-refractivity contribution is 0.0295. The molecule has 0 bridgehead atoms. The highest BCUT2D eigenvalue weighted by molar-refractivity contribution is 4.79. The van der Waals surface area contributed by atoms with Crippen molar-refractivity contribution in [3.8, 4) is 0 Å². The molecular formula is C9H19NO2. The minimum absolute atomic E-state index is 0.153. The monoisotopic (exact) mass is 173 g/mol. The van der Waals surface area contributed by atoms with Crippen LogP contribution in [0.2, 0.25) is 0 Å². The number of rotatable bonds is 7. The summed E-state index contributed by atoms with van der Waals surface area (Å²) in [4.78, 5) is 0. The number of hydrogen-bond acceptors (Lipinski definition) is 3. The van der Waals surface area contributed by atoms with E-state index < -0.39 is 0 Å². The summed E-state index contributed by atoms with van der Waals surface area (Å²) in [5, 5.41) is 3.23. The maximum Gasteiger partial charge on any atom is 0.0928 e. The van der Waals surface area contributed by atoms with Crippen molar-refractivity contribution in [3.63, 3.8) is 0 Å². The van der Waals surface area contributed by atoms with E-state index in [1.165, 1.54) is 0 Å². The number of methoxy groups -OCH3 is 2. The van der Waals surface area contributed by atoms with Crippen LogP contribution < -0.4 is 5.32 Å². The van der Waals surface area contributed by atoms with Crippen molar-refractivity contribution >= 4 is 0 Å². The molecule has 3 heteroatoms. The maximum atomic E-state index is 5.16. The molecular weight excluding hydrogens is 154 g/mol. The normalized spacial score (nSPS) is 13.9. The van der Waals surface area contributed by atoms with E-state index in [9.17, 15) is 0 Å².